The lowest BCUT2D eigenvalue weighted by atomic mass is 10.2. The Balaban J connectivity index is 3.70. The molecule has 0 aliphatic rings. The van der Waals surface area contributed by atoms with E-state index in [-0.39, 0.29) is 17.6 Å². The van der Waals surface area contributed by atoms with Crippen LogP contribution >= 0.6 is 11.6 Å². The Kier molecular flexibility index (Phi) is 7.70. The van der Waals surface area contributed by atoms with Gasteiger partial charge in [-0.2, -0.15) is 0 Å². The van der Waals surface area contributed by atoms with Crippen LogP contribution in [0, 0.1) is 5.92 Å². The second-order valence-corrected chi connectivity index (χ2v) is 6.02. The first kappa shape index (κ1) is 15.7. The average Bonchev–Trinajstić information content (AvgIpc) is 2.15. The largest absolute Gasteiger partial charge is 0.370 e. The summed E-state index contributed by atoms with van der Waals surface area (Å²) in [7, 11) is -3.24. The van der Waals surface area contributed by atoms with E-state index in [0.717, 1.165) is 0 Å². The summed E-state index contributed by atoms with van der Waals surface area (Å²) in [6, 6.07) is 0. The first-order valence-corrected chi connectivity index (χ1v) is 7.37. The van der Waals surface area contributed by atoms with E-state index in [1.54, 1.807) is 6.92 Å². The first-order chi connectivity index (χ1) is 7.37. The molecule has 1 amide bonds. The third-order valence-corrected chi connectivity index (χ3v) is 4.12. The van der Waals surface area contributed by atoms with Gasteiger partial charge < -0.3 is 5.73 Å². The van der Waals surface area contributed by atoms with Crippen molar-refractivity contribution >= 4 is 27.5 Å². The minimum atomic E-state index is -3.24. The molecule has 5 nitrogen and oxygen atoms in total. The molecule has 16 heavy (non-hydrogen) atoms. The van der Waals surface area contributed by atoms with Gasteiger partial charge in [0.05, 0.1) is 5.75 Å². The fourth-order valence-corrected chi connectivity index (χ4v) is 2.81. The molecule has 3 N–H and O–H groups in total. The highest BCUT2D eigenvalue weighted by atomic mass is 35.5. The number of unbranched alkanes of at least 4 members (excludes halogenated alkanes) is 1. The Morgan fingerprint density at radius 2 is 2.06 bits per heavy atom. The number of sulfonamides is 1. The van der Waals surface area contributed by atoms with Gasteiger partial charge in [-0.15, -0.1) is 11.6 Å². The smallest absolute Gasteiger partial charge is 0.217 e. The zero-order valence-electron chi connectivity index (χ0n) is 9.41. The van der Waals surface area contributed by atoms with E-state index in [1.165, 1.54) is 0 Å². The fourth-order valence-electron chi connectivity index (χ4n) is 1.13. The number of nitrogens with two attached hydrogens (primary N) is 1. The Bertz CT molecular complexity index is 306. The highest BCUT2D eigenvalue weighted by molar-refractivity contribution is 7.89. The fraction of sp³-hybridized carbons (Fsp3) is 0.889. The quantitative estimate of drug-likeness (QED) is 0.470. The van der Waals surface area contributed by atoms with Gasteiger partial charge in [-0.05, 0) is 18.8 Å². The minimum absolute atomic E-state index is 0.0340. The Morgan fingerprint density at radius 1 is 1.44 bits per heavy atom. The van der Waals surface area contributed by atoms with E-state index in [0.29, 0.717) is 31.7 Å². The number of hydrogen-bond acceptors (Lipinski definition) is 3. The molecule has 0 spiro atoms. The van der Waals surface area contributed by atoms with Crippen molar-refractivity contribution in [2.45, 2.75) is 26.2 Å². The molecule has 0 aromatic rings. The molecule has 0 bridgehead atoms. The Hall–Kier alpha value is -0.330. The zero-order valence-corrected chi connectivity index (χ0v) is 11.0. The number of hydrogen-bond donors (Lipinski definition) is 2. The molecule has 0 saturated heterocycles. The van der Waals surface area contributed by atoms with Crippen LogP contribution in [0.1, 0.15) is 26.2 Å². The number of alkyl halides is 1. The van der Waals surface area contributed by atoms with Gasteiger partial charge in [-0.25, -0.2) is 13.1 Å². The molecule has 0 aliphatic heterocycles. The highest BCUT2D eigenvalue weighted by Gasteiger charge is 2.13. The van der Waals surface area contributed by atoms with Crippen LogP contribution in [-0.4, -0.2) is 32.5 Å². The predicted molar refractivity (Wildman–Crippen MR) is 64.7 cm³/mol. The van der Waals surface area contributed by atoms with Crippen LogP contribution < -0.4 is 10.5 Å². The van der Waals surface area contributed by atoms with Crippen molar-refractivity contribution in [3.63, 3.8) is 0 Å². The van der Waals surface area contributed by atoms with Crippen LogP contribution in [0.25, 0.3) is 0 Å². The van der Waals surface area contributed by atoms with Crippen LogP contribution in [0.3, 0.4) is 0 Å². The molecule has 0 radical (unpaired) electrons. The zero-order chi connectivity index (χ0) is 12.6. The van der Waals surface area contributed by atoms with Crippen molar-refractivity contribution in [3.8, 4) is 0 Å². The van der Waals surface area contributed by atoms with Crippen molar-refractivity contribution in [1.29, 1.82) is 0 Å². The summed E-state index contributed by atoms with van der Waals surface area (Å²) in [5.41, 5.74) is 4.95. The van der Waals surface area contributed by atoms with Crippen molar-refractivity contribution in [2.24, 2.45) is 11.7 Å². The number of amides is 1. The normalized spacial score (nSPS) is 13.6. The molecule has 1 atom stereocenters. The molecule has 96 valence electrons. The second kappa shape index (κ2) is 7.86. The lowest BCUT2D eigenvalue weighted by Crippen LogP contribution is -2.30. The van der Waals surface area contributed by atoms with Crippen molar-refractivity contribution in [1.82, 2.24) is 4.72 Å². The lowest BCUT2D eigenvalue weighted by molar-refractivity contribution is -0.118. The number of nitrogens with one attached hydrogen (secondary N) is 1. The van der Waals surface area contributed by atoms with E-state index < -0.39 is 10.0 Å². The van der Waals surface area contributed by atoms with Crippen molar-refractivity contribution < 1.29 is 13.2 Å². The number of carbonyl (C=O) groups excluding carboxylic acids is 1. The van der Waals surface area contributed by atoms with Crippen LogP contribution in [0.4, 0.5) is 0 Å². The summed E-state index contributed by atoms with van der Waals surface area (Å²) in [4.78, 5) is 10.4. The molecular formula is C9H19ClN2O3S. The van der Waals surface area contributed by atoms with E-state index >= 15 is 0 Å². The third-order valence-electron chi connectivity index (χ3n) is 1.94. The third kappa shape index (κ3) is 8.94. The van der Waals surface area contributed by atoms with Crippen LogP contribution in [-0.2, 0) is 14.8 Å². The summed E-state index contributed by atoms with van der Waals surface area (Å²) in [5.74, 6) is -0.0713. The van der Waals surface area contributed by atoms with Crippen LogP contribution in [0.5, 0.6) is 0 Å². The average molecular weight is 271 g/mol. The minimum Gasteiger partial charge on any atom is -0.370 e. The molecule has 0 heterocycles. The van der Waals surface area contributed by atoms with Crippen LogP contribution in [0.2, 0.25) is 0 Å². The second-order valence-electron chi connectivity index (χ2n) is 3.86. The molecule has 0 rings (SSSR count). The molecular weight excluding hydrogens is 252 g/mol. The SMILES string of the molecule is CC(CCl)CS(=O)(=O)NCCCCC(N)=O. The highest BCUT2D eigenvalue weighted by Crippen LogP contribution is 2.02. The maximum absolute atomic E-state index is 11.4. The topological polar surface area (TPSA) is 89.3 Å². The van der Waals surface area contributed by atoms with Crippen molar-refractivity contribution in [2.75, 3.05) is 18.2 Å². The molecule has 0 saturated carbocycles. The molecule has 0 aromatic carbocycles. The maximum atomic E-state index is 11.4. The van der Waals surface area contributed by atoms with Gasteiger partial charge >= 0.3 is 0 Å². The van der Waals surface area contributed by atoms with Gasteiger partial charge in [-0.3, -0.25) is 4.79 Å². The van der Waals surface area contributed by atoms with E-state index in [2.05, 4.69) is 4.72 Å². The Morgan fingerprint density at radius 3 is 2.56 bits per heavy atom. The standard InChI is InChI=1S/C9H19ClN2O3S/c1-8(6-10)7-16(14,15)12-5-3-2-4-9(11)13/h8,12H,2-7H2,1H3,(H2,11,13). The summed E-state index contributed by atoms with van der Waals surface area (Å²) < 4.78 is 25.3. The number of primary amides is 1. The molecule has 1 unspecified atom stereocenters. The molecule has 0 aromatic heterocycles. The summed E-state index contributed by atoms with van der Waals surface area (Å²) in [5, 5.41) is 0. The summed E-state index contributed by atoms with van der Waals surface area (Å²) in [6.07, 6.45) is 1.50. The lowest BCUT2D eigenvalue weighted by Gasteiger charge is -2.09. The van der Waals surface area contributed by atoms with Gasteiger partial charge in [0.2, 0.25) is 15.9 Å². The van der Waals surface area contributed by atoms with E-state index in [1.807, 2.05) is 0 Å². The van der Waals surface area contributed by atoms with Crippen LogP contribution in [0.15, 0.2) is 0 Å². The van der Waals surface area contributed by atoms with E-state index in [9.17, 15) is 13.2 Å². The molecule has 0 aliphatic carbocycles. The van der Waals surface area contributed by atoms with E-state index in [4.69, 9.17) is 17.3 Å². The number of carbonyl (C=O) groups is 1. The van der Waals surface area contributed by atoms with Gasteiger partial charge in [0, 0.05) is 18.8 Å². The van der Waals surface area contributed by atoms with Gasteiger partial charge in [0.1, 0.15) is 0 Å². The molecule has 7 heteroatoms. The monoisotopic (exact) mass is 270 g/mol. The van der Waals surface area contributed by atoms with Crippen molar-refractivity contribution in [3.05, 3.63) is 0 Å². The van der Waals surface area contributed by atoms with Gasteiger partial charge in [0.15, 0.2) is 0 Å². The summed E-state index contributed by atoms with van der Waals surface area (Å²) in [6.45, 7) is 2.12. The number of rotatable bonds is 9. The van der Waals surface area contributed by atoms with Gasteiger partial charge in [-0.1, -0.05) is 6.92 Å². The van der Waals surface area contributed by atoms with Gasteiger partial charge in [0.25, 0.3) is 0 Å². The molecule has 0 fully saturated rings. The Labute approximate surface area is 102 Å². The maximum Gasteiger partial charge on any atom is 0.217 e. The number of halogens is 1. The first-order valence-electron chi connectivity index (χ1n) is 5.19. The summed E-state index contributed by atoms with van der Waals surface area (Å²) >= 11 is 5.53. The predicted octanol–water partition coefficient (Wildman–Crippen LogP) is 0.436.